The second-order valence-corrected chi connectivity index (χ2v) is 9.28. The highest BCUT2D eigenvalue weighted by atomic mass is 35.5. The highest BCUT2D eigenvalue weighted by molar-refractivity contribution is 7.09. The number of aromatic nitrogens is 1. The molecule has 1 N–H and O–H groups in total. The first-order valence-electron chi connectivity index (χ1n) is 8.65. The van der Waals surface area contributed by atoms with Crippen molar-refractivity contribution in [3.05, 3.63) is 44.3 Å². The van der Waals surface area contributed by atoms with E-state index in [9.17, 15) is 4.79 Å². The number of halogens is 2. The van der Waals surface area contributed by atoms with Crippen molar-refractivity contribution in [2.75, 3.05) is 0 Å². The van der Waals surface area contributed by atoms with Gasteiger partial charge in [-0.3, -0.25) is 0 Å². The summed E-state index contributed by atoms with van der Waals surface area (Å²) < 4.78 is 5.72. The van der Waals surface area contributed by atoms with Crippen molar-refractivity contribution >= 4 is 40.6 Å². The number of amides is 2. The Morgan fingerprint density at radius 2 is 2.04 bits per heavy atom. The zero-order valence-electron chi connectivity index (χ0n) is 16.2. The van der Waals surface area contributed by atoms with Gasteiger partial charge in [-0.2, -0.15) is 0 Å². The lowest BCUT2D eigenvalue weighted by Gasteiger charge is -2.30. The lowest BCUT2D eigenvalue weighted by atomic mass is 10.1. The summed E-state index contributed by atoms with van der Waals surface area (Å²) in [6.45, 7) is 10.6. The Morgan fingerprint density at radius 1 is 1.33 bits per heavy atom. The van der Waals surface area contributed by atoms with Crippen molar-refractivity contribution in [2.24, 2.45) is 0 Å². The van der Waals surface area contributed by atoms with E-state index in [0.717, 1.165) is 10.7 Å². The number of urea groups is 1. The van der Waals surface area contributed by atoms with Gasteiger partial charge < -0.3 is 15.0 Å². The summed E-state index contributed by atoms with van der Waals surface area (Å²) in [7, 11) is 0. The van der Waals surface area contributed by atoms with E-state index in [1.165, 1.54) is 11.3 Å². The molecule has 0 fully saturated rings. The van der Waals surface area contributed by atoms with E-state index in [2.05, 4.69) is 10.3 Å². The van der Waals surface area contributed by atoms with Gasteiger partial charge in [-0.05, 0) is 46.8 Å². The molecule has 0 aliphatic heterocycles. The number of hydrogen-bond donors (Lipinski definition) is 1. The molecule has 0 bridgehead atoms. The van der Waals surface area contributed by atoms with Crippen LogP contribution in [0.5, 0.6) is 5.75 Å². The van der Waals surface area contributed by atoms with E-state index >= 15 is 0 Å². The van der Waals surface area contributed by atoms with E-state index in [4.69, 9.17) is 27.9 Å². The fourth-order valence-electron chi connectivity index (χ4n) is 2.27. The number of ether oxygens (including phenoxy) is 1. The molecule has 0 saturated heterocycles. The Labute approximate surface area is 174 Å². The molecule has 1 heterocycles. The van der Waals surface area contributed by atoms with Crippen LogP contribution >= 0.6 is 34.5 Å². The van der Waals surface area contributed by atoms with Gasteiger partial charge in [0.2, 0.25) is 0 Å². The SMILES string of the molecule is CC(C)N(Cc1csc(COc2cc(Cl)ccc2Cl)n1)C(=O)NC(C)(C)C. The average Bonchev–Trinajstić information content (AvgIpc) is 2.99. The van der Waals surface area contributed by atoms with Crippen LogP contribution in [-0.2, 0) is 13.2 Å². The largest absolute Gasteiger partial charge is 0.485 e. The van der Waals surface area contributed by atoms with Crippen molar-refractivity contribution in [1.82, 2.24) is 15.2 Å². The molecule has 8 heteroatoms. The Kier molecular flexibility index (Phi) is 7.37. The van der Waals surface area contributed by atoms with Crippen molar-refractivity contribution < 1.29 is 9.53 Å². The Morgan fingerprint density at radius 3 is 2.67 bits per heavy atom. The highest BCUT2D eigenvalue weighted by Gasteiger charge is 2.22. The maximum atomic E-state index is 12.5. The van der Waals surface area contributed by atoms with Gasteiger partial charge >= 0.3 is 6.03 Å². The minimum atomic E-state index is -0.290. The molecule has 5 nitrogen and oxygen atoms in total. The fourth-order valence-corrected chi connectivity index (χ4v) is 3.30. The predicted octanol–water partition coefficient (Wildman–Crippen LogP) is 5.75. The number of benzene rings is 1. The smallest absolute Gasteiger partial charge is 0.318 e. The van der Waals surface area contributed by atoms with Crippen LogP contribution in [0.1, 0.15) is 45.3 Å². The van der Waals surface area contributed by atoms with Crippen LogP contribution in [0.4, 0.5) is 4.79 Å². The molecule has 1 aromatic carbocycles. The minimum Gasteiger partial charge on any atom is -0.485 e. The van der Waals surface area contributed by atoms with Crippen LogP contribution in [0.3, 0.4) is 0 Å². The second-order valence-electron chi connectivity index (χ2n) is 7.50. The number of hydrogen-bond acceptors (Lipinski definition) is 4. The van der Waals surface area contributed by atoms with Crippen molar-refractivity contribution in [3.8, 4) is 5.75 Å². The van der Waals surface area contributed by atoms with Gasteiger partial charge in [0.25, 0.3) is 0 Å². The molecule has 0 spiro atoms. The first kappa shape index (κ1) is 21.8. The maximum absolute atomic E-state index is 12.5. The van der Waals surface area contributed by atoms with Gasteiger partial charge in [-0.25, -0.2) is 9.78 Å². The molecule has 0 aliphatic carbocycles. The van der Waals surface area contributed by atoms with E-state index in [1.807, 2.05) is 40.0 Å². The zero-order chi connectivity index (χ0) is 20.2. The summed E-state index contributed by atoms with van der Waals surface area (Å²) in [5.74, 6) is 0.522. The third-order valence-corrected chi connectivity index (χ3v) is 4.96. The number of carbonyl (C=O) groups excluding carboxylic acids is 1. The van der Waals surface area contributed by atoms with Crippen molar-refractivity contribution in [1.29, 1.82) is 0 Å². The minimum absolute atomic E-state index is 0.0546. The van der Waals surface area contributed by atoms with E-state index in [1.54, 1.807) is 23.1 Å². The number of thiazole rings is 1. The van der Waals surface area contributed by atoms with Gasteiger partial charge in [-0.1, -0.05) is 23.2 Å². The van der Waals surface area contributed by atoms with E-state index in [0.29, 0.717) is 28.9 Å². The molecule has 0 saturated carbocycles. The molecular formula is C19H25Cl2N3O2S. The quantitative estimate of drug-likeness (QED) is 0.635. The average molecular weight is 430 g/mol. The van der Waals surface area contributed by atoms with Crippen LogP contribution in [-0.4, -0.2) is 27.5 Å². The Balaban J connectivity index is 2.01. The molecule has 0 unspecified atom stereocenters. The standard InChI is InChI=1S/C19H25Cl2N3O2S/c1-12(2)24(18(25)23-19(3,4)5)9-14-11-27-17(22-14)10-26-16-8-13(20)6-7-15(16)21/h6-8,11-12H,9-10H2,1-5H3,(H,23,25). The van der Waals surface area contributed by atoms with Gasteiger partial charge in [-0.15, -0.1) is 11.3 Å². The van der Waals surface area contributed by atoms with Gasteiger partial charge in [0.15, 0.2) is 0 Å². The molecule has 0 atom stereocenters. The van der Waals surface area contributed by atoms with Crippen molar-refractivity contribution in [3.63, 3.8) is 0 Å². The molecule has 0 radical (unpaired) electrons. The summed E-state index contributed by atoms with van der Waals surface area (Å²) in [4.78, 5) is 18.9. The van der Waals surface area contributed by atoms with Crippen LogP contribution in [0.25, 0.3) is 0 Å². The monoisotopic (exact) mass is 429 g/mol. The zero-order valence-corrected chi connectivity index (χ0v) is 18.5. The third kappa shape index (κ3) is 6.87. The summed E-state index contributed by atoms with van der Waals surface area (Å²) >= 11 is 13.6. The third-order valence-electron chi connectivity index (χ3n) is 3.54. The van der Waals surface area contributed by atoms with Crippen LogP contribution in [0.15, 0.2) is 23.6 Å². The molecular weight excluding hydrogens is 405 g/mol. The van der Waals surface area contributed by atoms with Gasteiger partial charge in [0.1, 0.15) is 17.4 Å². The molecule has 0 aliphatic rings. The lowest BCUT2D eigenvalue weighted by molar-refractivity contribution is 0.170. The summed E-state index contributed by atoms with van der Waals surface area (Å²) in [5.41, 5.74) is 0.537. The molecule has 1 aromatic heterocycles. The molecule has 148 valence electrons. The fraction of sp³-hybridized carbons (Fsp3) is 0.474. The number of nitrogens with zero attached hydrogens (tertiary/aromatic N) is 2. The lowest BCUT2D eigenvalue weighted by Crippen LogP contribution is -2.50. The van der Waals surface area contributed by atoms with Crippen LogP contribution in [0.2, 0.25) is 10.0 Å². The summed E-state index contributed by atoms with van der Waals surface area (Å²) in [6.07, 6.45) is 0. The maximum Gasteiger partial charge on any atom is 0.318 e. The molecule has 2 amide bonds. The summed E-state index contributed by atoms with van der Waals surface area (Å²) in [5, 5.41) is 6.81. The number of rotatable bonds is 6. The molecule has 27 heavy (non-hydrogen) atoms. The topological polar surface area (TPSA) is 54.5 Å². The Bertz CT molecular complexity index is 788. The number of nitrogens with one attached hydrogen (secondary N) is 1. The van der Waals surface area contributed by atoms with Crippen LogP contribution < -0.4 is 10.1 Å². The normalized spacial score (nSPS) is 11.6. The Hall–Kier alpha value is -1.50. The van der Waals surface area contributed by atoms with Crippen LogP contribution in [0, 0.1) is 0 Å². The first-order valence-corrected chi connectivity index (χ1v) is 10.3. The molecule has 2 rings (SSSR count). The van der Waals surface area contributed by atoms with Gasteiger partial charge in [0, 0.05) is 28.0 Å². The number of carbonyl (C=O) groups is 1. The van der Waals surface area contributed by atoms with E-state index in [-0.39, 0.29) is 17.6 Å². The predicted molar refractivity (Wildman–Crippen MR) is 112 cm³/mol. The van der Waals surface area contributed by atoms with Crippen molar-refractivity contribution in [2.45, 2.75) is 59.4 Å². The molecule has 2 aromatic rings. The first-order chi connectivity index (χ1) is 12.5. The summed E-state index contributed by atoms with van der Waals surface area (Å²) in [6, 6.07) is 5.03. The van der Waals surface area contributed by atoms with E-state index < -0.39 is 0 Å². The van der Waals surface area contributed by atoms with Gasteiger partial charge in [0.05, 0.1) is 17.3 Å². The highest BCUT2D eigenvalue weighted by Crippen LogP contribution is 2.28. The second kappa shape index (κ2) is 9.13.